The van der Waals surface area contributed by atoms with E-state index in [2.05, 4.69) is 40.0 Å². The van der Waals surface area contributed by atoms with Crippen molar-refractivity contribution >= 4 is 28.3 Å². The van der Waals surface area contributed by atoms with E-state index >= 15 is 0 Å². The first-order chi connectivity index (χ1) is 7.20. The van der Waals surface area contributed by atoms with E-state index in [1.165, 1.54) is 11.1 Å². The van der Waals surface area contributed by atoms with E-state index in [0.717, 1.165) is 36.2 Å². The topological polar surface area (TPSA) is 12.5 Å². The molecule has 0 atom stereocenters. The highest BCUT2D eigenvalue weighted by molar-refractivity contribution is 9.10. The third kappa shape index (κ3) is 2.90. The Hall–Kier alpha value is -0.250. The molecule has 0 unspecified atom stereocenters. The summed E-state index contributed by atoms with van der Waals surface area (Å²) in [6.07, 6.45) is 2.25. The van der Waals surface area contributed by atoms with Crippen LogP contribution in [-0.2, 0) is 12.8 Å². The minimum Gasteiger partial charge on any atom is -0.496 e. The molecule has 0 aliphatic carbocycles. The average Bonchev–Trinajstić information content (AvgIpc) is 2.40. The van der Waals surface area contributed by atoms with Gasteiger partial charge >= 0.3 is 0 Å². The van der Waals surface area contributed by atoms with Gasteiger partial charge in [-0.25, -0.2) is 0 Å². The van der Waals surface area contributed by atoms with Gasteiger partial charge in [0, 0.05) is 13.1 Å². The zero-order chi connectivity index (χ0) is 10.8. The molecule has 0 saturated heterocycles. The lowest BCUT2D eigenvalue weighted by Gasteiger charge is -2.10. The van der Waals surface area contributed by atoms with Gasteiger partial charge in [-0.05, 0) is 59.1 Å². The second-order valence-electron chi connectivity index (χ2n) is 4.06. The standard InChI is InChI=1S/C12H16BrNO.ClH/c1-14-5-3-9-7-11(13)12(15-2)8-10(9)4-6-14;/h7-8H,3-6H2,1-2H3;1H. The van der Waals surface area contributed by atoms with Crippen molar-refractivity contribution in [2.24, 2.45) is 0 Å². The molecule has 0 radical (unpaired) electrons. The summed E-state index contributed by atoms with van der Waals surface area (Å²) >= 11 is 3.54. The minimum absolute atomic E-state index is 0. The smallest absolute Gasteiger partial charge is 0.133 e. The summed E-state index contributed by atoms with van der Waals surface area (Å²) in [5.74, 6) is 0.943. The zero-order valence-electron chi connectivity index (χ0n) is 9.62. The van der Waals surface area contributed by atoms with Crippen molar-refractivity contribution in [1.29, 1.82) is 0 Å². The maximum Gasteiger partial charge on any atom is 0.133 e. The van der Waals surface area contributed by atoms with Gasteiger partial charge in [0.05, 0.1) is 11.6 Å². The zero-order valence-corrected chi connectivity index (χ0v) is 12.0. The van der Waals surface area contributed by atoms with Crippen LogP contribution in [0.3, 0.4) is 0 Å². The normalized spacial score (nSPS) is 15.9. The number of likely N-dealkylation sites (N-methyl/N-ethyl adjacent to an activating group) is 1. The van der Waals surface area contributed by atoms with Crippen LogP contribution in [0, 0.1) is 0 Å². The van der Waals surface area contributed by atoms with Crippen LogP contribution in [0.4, 0.5) is 0 Å². The Morgan fingerprint density at radius 3 is 2.31 bits per heavy atom. The lowest BCUT2D eigenvalue weighted by atomic mass is 10.0. The highest BCUT2D eigenvalue weighted by atomic mass is 79.9. The van der Waals surface area contributed by atoms with Gasteiger partial charge in [0.1, 0.15) is 5.75 Å². The van der Waals surface area contributed by atoms with Crippen LogP contribution in [0.25, 0.3) is 0 Å². The molecule has 0 N–H and O–H groups in total. The van der Waals surface area contributed by atoms with Crippen LogP contribution < -0.4 is 4.74 Å². The maximum atomic E-state index is 5.32. The average molecular weight is 307 g/mol. The largest absolute Gasteiger partial charge is 0.496 e. The van der Waals surface area contributed by atoms with Crippen LogP contribution in [0.15, 0.2) is 16.6 Å². The van der Waals surface area contributed by atoms with Gasteiger partial charge in [0.2, 0.25) is 0 Å². The third-order valence-electron chi connectivity index (χ3n) is 3.00. The SMILES string of the molecule is COc1cc2c(cc1Br)CCN(C)CC2.Cl. The number of benzene rings is 1. The molecule has 1 aromatic rings. The molecule has 0 aromatic heterocycles. The number of halogens is 2. The predicted octanol–water partition coefficient (Wildman–Crippen LogP) is 2.91. The first-order valence-corrected chi connectivity index (χ1v) is 6.04. The second-order valence-corrected chi connectivity index (χ2v) is 4.91. The lowest BCUT2D eigenvalue weighted by molar-refractivity contribution is 0.352. The number of hydrogen-bond donors (Lipinski definition) is 0. The van der Waals surface area contributed by atoms with Crippen LogP contribution in [0.5, 0.6) is 5.75 Å². The van der Waals surface area contributed by atoms with E-state index in [-0.39, 0.29) is 12.4 Å². The van der Waals surface area contributed by atoms with Gasteiger partial charge in [0.25, 0.3) is 0 Å². The Morgan fingerprint density at radius 1 is 1.19 bits per heavy atom. The van der Waals surface area contributed by atoms with Crippen molar-refractivity contribution in [2.75, 3.05) is 27.2 Å². The number of methoxy groups -OCH3 is 1. The molecule has 2 nitrogen and oxygen atoms in total. The number of fused-ring (bicyclic) bond motifs is 1. The lowest BCUT2D eigenvalue weighted by Crippen LogP contribution is -2.20. The summed E-state index contributed by atoms with van der Waals surface area (Å²) in [6, 6.07) is 4.37. The molecule has 0 amide bonds. The van der Waals surface area contributed by atoms with Gasteiger partial charge in [0.15, 0.2) is 0 Å². The first-order valence-electron chi connectivity index (χ1n) is 5.24. The van der Waals surface area contributed by atoms with Crippen LogP contribution >= 0.6 is 28.3 Å². The van der Waals surface area contributed by atoms with Gasteiger partial charge in [-0.3, -0.25) is 0 Å². The summed E-state index contributed by atoms with van der Waals surface area (Å²) in [7, 11) is 3.90. The van der Waals surface area contributed by atoms with E-state index < -0.39 is 0 Å². The number of ether oxygens (including phenoxy) is 1. The fraction of sp³-hybridized carbons (Fsp3) is 0.500. The number of rotatable bonds is 1. The molecule has 1 aliphatic rings. The maximum absolute atomic E-state index is 5.32. The molecule has 1 heterocycles. The van der Waals surface area contributed by atoms with Crippen molar-refractivity contribution in [3.8, 4) is 5.75 Å². The summed E-state index contributed by atoms with van der Waals surface area (Å²) in [5.41, 5.74) is 2.88. The van der Waals surface area contributed by atoms with E-state index in [1.807, 2.05) is 0 Å². The highest BCUT2D eigenvalue weighted by Gasteiger charge is 2.13. The summed E-state index contributed by atoms with van der Waals surface area (Å²) in [4.78, 5) is 2.38. The van der Waals surface area contributed by atoms with Gasteiger partial charge < -0.3 is 9.64 Å². The van der Waals surface area contributed by atoms with Gasteiger partial charge in [-0.1, -0.05) is 0 Å². The van der Waals surface area contributed by atoms with E-state index in [4.69, 9.17) is 4.74 Å². The second kappa shape index (κ2) is 5.89. The van der Waals surface area contributed by atoms with Crippen molar-refractivity contribution in [3.05, 3.63) is 27.7 Å². The van der Waals surface area contributed by atoms with Gasteiger partial charge in [-0.2, -0.15) is 0 Å². The summed E-state index contributed by atoms with van der Waals surface area (Å²) in [6.45, 7) is 2.28. The predicted molar refractivity (Wildman–Crippen MR) is 72.8 cm³/mol. The molecule has 0 spiro atoms. The fourth-order valence-electron chi connectivity index (χ4n) is 1.99. The van der Waals surface area contributed by atoms with Crippen molar-refractivity contribution in [1.82, 2.24) is 4.90 Å². The van der Waals surface area contributed by atoms with Crippen LogP contribution in [-0.4, -0.2) is 32.1 Å². The molecule has 0 saturated carbocycles. The Kier molecular flexibility index (Phi) is 5.09. The molecule has 1 aliphatic heterocycles. The van der Waals surface area contributed by atoms with Crippen molar-refractivity contribution in [3.63, 3.8) is 0 Å². The molecular formula is C12H17BrClNO. The highest BCUT2D eigenvalue weighted by Crippen LogP contribution is 2.30. The number of hydrogen-bond acceptors (Lipinski definition) is 2. The third-order valence-corrected chi connectivity index (χ3v) is 3.62. The quantitative estimate of drug-likeness (QED) is 0.791. The molecule has 0 fully saturated rings. The molecule has 4 heteroatoms. The Morgan fingerprint density at radius 2 is 1.75 bits per heavy atom. The molecule has 2 rings (SSSR count). The fourth-order valence-corrected chi connectivity index (χ4v) is 2.55. The van der Waals surface area contributed by atoms with E-state index in [9.17, 15) is 0 Å². The molecule has 0 bridgehead atoms. The monoisotopic (exact) mass is 305 g/mol. The Bertz CT molecular complexity index is 370. The first kappa shape index (κ1) is 13.8. The summed E-state index contributed by atoms with van der Waals surface area (Å²) < 4.78 is 6.38. The Labute approximate surface area is 112 Å². The molecule has 90 valence electrons. The van der Waals surface area contributed by atoms with Crippen molar-refractivity contribution < 1.29 is 4.74 Å². The van der Waals surface area contributed by atoms with E-state index in [1.54, 1.807) is 7.11 Å². The molecule has 1 aromatic carbocycles. The molecule has 16 heavy (non-hydrogen) atoms. The van der Waals surface area contributed by atoms with Crippen molar-refractivity contribution in [2.45, 2.75) is 12.8 Å². The van der Waals surface area contributed by atoms with Gasteiger partial charge in [-0.15, -0.1) is 12.4 Å². The van der Waals surface area contributed by atoms with E-state index in [0.29, 0.717) is 0 Å². The van der Waals surface area contributed by atoms with Crippen LogP contribution in [0.1, 0.15) is 11.1 Å². The summed E-state index contributed by atoms with van der Waals surface area (Å²) in [5, 5.41) is 0. The Balaban J connectivity index is 0.00000128. The molecular weight excluding hydrogens is 289 g/mol. The number of nitrogens with zero attached hydrogens (tertiary/aromatic N) is 1. The van der Waals surface area contributed by atoms with Crippen LogP contribution in [0.2, 0.25) is 0 Å². The minimum atomic E-state index is 0.